The number of halogens is 1. The van der Waals surface area contributed by atoms with E-state index in [-0.39, 0.29) is 29.3 Å². The van der Waals surface area contributed by atoms with Gasteiger partial charge in [0.1, 0.15) is 11.9 Å². The Morgan fingerprint density at radius 3 is 2.52 bits per heavy atom. The molecule has 0 fully saturated rings. The standard InChI is InChI=1S/C16H17ClN2O3.C7H8O2/c1-9-15-11(10-5-3-4-6-12(10)18-15)7-13(16(21)22-2)19(9)14(20)8-17;1-5-2-3-6(8)7(9)4-5/h3-6,9,13,18H,7-8H2,1-2H3;2-4,8-9H,1H3. The number of carbonyl (C=O) groups excluding carboxylic acids is 2. The molecule has 2 aromatic carbocycles. The Kier molecular flexibility index (Phi) is 6.75. The third kappa shape index (κ3) is 4.46. The van der Waals surface area contributed by atoms with E-state index in [2.05, 4.69) is 4.98 Å². The number of phenolic OH excluding ortho intramolecular Hbond substituents is 2. The van der Waals surface area contributed by atoms with Crippen molar-refractivity contribution in [2.24, 2.45) is 0 Å². The molecule has 0 radical (unpaired) electrons. The molecule has 0 bridgehead atoms. The Balaban J connectivity index is 0.000000254. The Hall–Kier alpha value is -3.19. The lowest BCUT2D eigenvalue weighted by molar-refractivity contribution is -0.154. The van der Waals surface area contributed by atoms with E-state index < -0.39 is 12.0 Å². The number of carbonyl (C=O) groups is 2. The van der Waals surface area contributed by atoms with Crippen LogP contribution < -0.4 is 0 Å². The number of phenols is 2. The van der Waals surface area contributed by atoms with E-state index in [1.807, 2.05) is 38.1 Å². The van der Waals surface area contributed by atoms with Gasteiger partial charge in [0, 0.05) is 23.0 Å². The first-order valence-electron chi connectivity index (χ1n) is 9.81. The molecule has 31 heavy (non-hydrogen) atoms. The largest absolute Gasteiger partial charge is 0.504 e. The lowest BCUT2D eigenvalue weighted by atomic mass is 9.92. The van der Waals surface area contributed by atoms with E-state index in [9.17, 15) is 9.59 Å². The molecule has 0 saturated heterocycles. The average Bonchev–Trinajstić information content (AvgIpc) is 3.15. The van der Waals surface area contributed by atoms with Crippen LogP contribution >= 0.6 is 11.6 Å². The molecule has 0 spiro atoms. The molecule has 0 saturated carbocycles. The van der Waals surface area contributed by atoms with Gasteiger partial charge in [-0.25, -0.2) is 4.79 Å². The van der Waals surface area contributed by atoms with Crippen LogP contribution in [0.5, 0.6) is 11.5 Å². The van der Waals surface area contributed by atoms with Crippen molar-refractivity contribution in [3.05, 3.63) is 59.3 Å². The van der Waals surface area contributed by atoms with Crippen LogP contribution in [0.1, 0.15) is 29.8 Å². The maximum atomic E-state index is 12.2. The number of hydrogen-bond acceptors (Lipinski definition) is 5. The number of fused-ring (bicyclic) bond motifs is 3. The SMILES string of the molecule is COC(=O)C1Cc2c([nH]c3ccccc23)C(C)N1C(=O)CCl.Cc1ccc(O)c(O)c1. The van der Waals surface area contributed by atoms with Crippen molar-refractivity contribution in [1.82, 2.24) is 9.88 Å². The van der Waals surface area contributed by atoms with E-state index >= 15 is 0 Å². The van der Waals surface area contributed by atoms with E-state index in [1.165, 1.54) is 24.1 Å². The zero-order valence-electron chi connectivity index (χ0n) is 17.6. The molecule has 4 rings (SSSR count). The van der Waals surface area contributed by atoms with Crippen molar-refractivity contribution in [3.8, 4) is 11.5 Å². The number of ether oxygens (including phenoxy) is 1. The number of esters is 1. The van der Waals surface area contributed by atoms with E-state index in [0.29, 0.717) is 6.42 Å². The molecular formula is C23H25ClN2O5. The van der Waals surface area contributed by atoms with Crippen molar-refractivity contribution in [3.63, 3.8) is 0 Å². The van der Waals surface area contributed by atoms with Gasteiger partial charge >= 0.3 is 5.97 Å². The normalized spacial score (nSPS) is 17.5. The molecule has 2 unspecified atom stereocenters. The van der Waals surface area contributed by atoms with Crippen LogP contribution in [0, 0.1) is 6.92 Å². The number of H-pyrrole nitrogens is 1. The second-order valence-electron chi connectivity index (χ2n) is 7.41. The Morgan fingerprint density at radius 2 is 1.90 bits per heavy atom. The highest BCUT2D eigenvalue weighted by Gasteiger charge is 2.40. The number of alkyl halides is 1. The predicted molar refractivity (Wildman–Crippen MR) is 118 cm³/mol. The van der Waals surface area contributed by atoms with Crippen LogP contribution in [0.3, 0.4) is 0 Å². The summed E-state index contributed by atoms with van der Waals surface area (Å²) >= 11 is 5.72. The number of hydrogen-bond donors (Lipinski definition) is 3. The van der Waals surface area contributed by atoms with Gasteiger partial charge in [0.25, 0.3) is 0 Å². The summed E-state index contributed by atoms with van der Waals surface area (Å²) in [5.41, 5.74) is 3.96. The quantitative estimate of drug-likeness (QED) is 0.317. The van der Waals surface area contributed by atoms with Crippen molar-refractivity contribution in [2.75, 3.05) is 13.0 Å². The second-order valence-corrected chi connectivity index (χ2v) is 7.68. The number of aromatic amines is 1. The maximum absolute atomic E-state index is 12.2. The van der Waals surface area contributed by atoms with Gasteiger partial charge in [-0.15, -0.1) is 11.6 Å². The number of nitrogens with zero attached hydrogens (tertiary/aromatic N) is 1. The summed E-state index contributed by atoms with van der Waals surface area (Å²) in [6.45, 7) is 3.74. The molecule has 3 aromatic rings. The fourth-order valence-corrected chi connectivity index (χ4v) is 4.06. The van der Waals surface area contributed by atoms with Gasteiger partial charge in [0.15, 0.2) is 11.5 Å². The number of aromatic hydroxyl groups is 2. The molecular weight excluding hydrogens is 420 g/mol. The fourth-order valence-electron chi connectivity index (χ4n) is 3.92. The summed E-state index contributed by atoms with van der Waals surface area (Å²) in [4.78, 5) is 29.2. The number of rotatable bonds is 2. The summed E-state index contributed by atoms with van der Waals surface area (Å²) in [7, 11) is 1.33. The Morgan fingerprint density at radius 1 is 1.19 bits per heavy atom. The monoisotopic (exact) mass is 444 g/mol. The van der Waals surface area contributed by atoms with Gasteiger partial charge in [-0.2, -0.15) is 0 Å². The van der Waals surface area contributed by atoms with Crippen molar-refractivity contribution < 1.29 is 24.5 Å². The highest BCUT2D eigenvalue weighted by atomic mass is 35.5. The fraction of sp³-hybridized carbons (Fsp3) is 0.304. The zero-order valence-corrected chi connectivity index (χ0v) is 18.3. The maximum Gasteiger partial charge on any atom is 0.328 e. The number of benzene rings is 2. The lowest BCUT2D eigenvalue weighted by Crippen LogP contribution is -2.51. The average molecular weight is 445 g/mol. The molecule has 1 aliphatic heterocycles. The lowest BCUT2D eigenvalue weighted by Gasteiger charge is -2.38. The van der Waals surface area contributed by atoms with Crippen molar-refractivity contribution in [1.29, 1.82) is 0 Å². The van der Waals surface area contributed by atoms with Gasteiger partial charge in [-0.1, -0.05) is 24.3 Å². The van der Waals surface area contributed by atoms with Crippen molar-refractivity contribution >= 4 is 34.4 Å². The zero-order chi connectivity index (χ0) is 22.7. The number of aromatic nitrogens is 1. The van der Waals surface area contributed by atoms with Crippen LogP contribution in [0.15, 0.2) is 42.5 Å². The minimum absolute atomic E-state index is 0.0602. The number of para-hydroxylation sites is 1. The minimum Gasteiger partial charge on any atom is -0.504 e. The summed E-state index contributed by atoms with van der Waals surface area (Å²) < 4.78 is 4.88. The molecule has 8 heteroatoms. The minimum atomic E-state index is -0.641. The van der Waals surface area contributed by atoms with Crippen LogP contribution in [0.4, 0.5) is 0 Å². The highest BCUT2D eigenvalue weighted by Crippen LogP contribution is 2.37. The number of amides is 1. The first kappa shape index (κ1) is 22.5. The molecule has 1 aliphatic rings. The van der Waals surface area contributed by atoms with Crippen LogP contribution in [-0.2, 0) is 20.7 Å². The molecule has 2 heterocycles. The van der Waals surface area contributed by atoms with E-state index in [4.69, 9.17) is 26.6 Å². The molecule has 164 valence electrons. The number of nitrogens with one attached hydrogen (secondary N) is 1. The summed E-state index contributed by atoms with van der Waals surface area (Å²) in [6, 6.07) is 11.7. The highest BCUT2D eigenvalue weighted by molar-refractivity contribution is 6.27. The van der Waals surface area contributed by atoms with Gasteiger partial charge in [0.2, 0.25) is 5.91 Å². The Bertz CT molecular complexity index is 1110. The second kappa shape index (κ2) is 9.31. The molecule has 2 atom stereocenters. The molecule has 0 aliphatic carbocycles. The topological polar surface area (TPSA) is 103 Å². The first-order valence-corrected chi connectivity index (χ1v) is 10.3. The van der Waals surface area contributed by atoms with Crippen LogP contribution in [0.25, 0.3) is 10.9 Å². The van der Waals surface area contributed by atoms with E-state index in [0.717, 1.165) is 27.7 Å². The van der Waals surface area contributed by atoms with Crippen molar-refractivity contribution in [2.45, 2.75) is 32.4 Å². The molecule has 7 nitrogen and oxygen atoms in total. The predicted octanol–water partition coefficient (Wildman–Crippen LogP) is 3.80. The smallest absolute Gasteiger partial charge is 0.328 e. The van der Waals surface area contributed by atoms with Gasteiger partial charge in [-0.3, -0.25) is 4.79 Å². The van der Waals surface area contributed by atoms with Gasteiger partial charge in [0.05, 0.1) is 13.2 Å². The first-order chi connectivity index (χ1) is 14.8. The number of methoxy groups -OCH3 is 1. The number of aryl methyl sites for hydroxylation is 1. The van der Waals surface area contributed by atoms with Gasteiger partial charge < -0.3 is 24.8 Å². The molecule has 3 N–H and O–H groups in total. The van der Waals surface area contributed by atoms with Gasteiger partial charge in [-0.05, 0) is 43.2 Å². The third-order valence-corrected chi connectivity index (χ3v) is 5.65. The summed E-state index contributed by atoms with van der Waals surface area (Å²) in [6.07, 6.45) is 0.430. The summed E-state index contributed by atoms with van der Waals surface area (Å²) in [5, 5.41) is 18.7. The Labute approximate surface area is 185 Å². The van der Waals surface area contributed by atoms with E-state index in [1.54, 1.807) is 6.07 Å². The van der Waals surface area contributed by atoms with Crippen LogP contribution in [-0.4, -0.2) is 51.0 Å². The molecule has 1 aromatic heterocycles. The third-order valence-electron chi connectivity index (χ3n) is 5.42. The molecule has 1 amide bonds. The summed E-state index contributed by atoms with van der Waals surface area (Å²) in [5.74, 6) is -0.973. The van der Waals surface area contributed by atoms with Crippen LogP contribution in [0.2, 0.25) is 0 Å².